The second-order valence-corrected chi connectivity index (χ2v) is 9.46. The predicted octanol–water partition coefficient (Wildman–Crippen LogP) is 6.50. The van der Waals surface area contributed by atoms with Crippen molar-refractivity contribution in [2.75, 3.05) is 10.6 Å². The van der Waals surface area contributed by atoms with Crippen LogP contribution in [0.2, 0.25) is 5.02 Å². The number of thiazole rings is 2. The quantitative estimate of drug-likeness (QED) is 0.253. The highest BCUT2D eigenvalue weighted by Crippen LogP contribution is 2.35. The molecular weight excluding hydrogens is 478 g/mol. The average molecular weight is 498 g/mol. The summed E-state index contributed by atoms with van der Waals surface area (Å²) in [6, 6.07) is 14.2. The van der Waals surface area contributed by atoms with Gasteiger partial charge in [-0.2, -0.15) is 0 Å². The van der Waals surface area contributed by atoms with Crippen molar-refractivity contribution >= 4 is 62.0 Å². The van der Waals surface area contributed by atoms with E-state index in [4.69, 9.17) is 11.6 Å². The number of anilines is 3. The minimum Gasteiger partial charge on any atom is -0.334 e. The fourth-order valence-corrected chi connectivity index (χ4v) is 4.83. The summed E-state index contributed by atoms with van der Waals surface area (Å²) < 4.78 is 0. The molecule has 0 saturated carbocycles. The molecule has 4 aromatic rings. The van der Waals surface area contributed by atoms with E-state index in [1.165, 1.54) is 29.6 Å². The Bertz CT molecular complexity index is 1300. The van der Waals surface area contributed by atoms with Crippen molar-refractivity contribution in [3.63, 3.8) is 0 Å². The molecule has 0 bridgehead atoms. The average Bonchev–Trinajstić information content (AvgIpc) is 3.39. The van der Waals surface area contributed by atoms with E-state index in [0.29, 0.717) is 27.4 Å². The Morgan fingerprint density at radius 1 is 1.06 bits per heavy atom. The molecule has 7 nitrogen and oxygen atoms in total. The molecule has 0 aliphatic rings. The molecule has 2 amide bonds. The van der Waals surface area contributed by atoms with Crippen molar-refractivity contribution in [2.24, 2.45) is 0 Å². The summed E-state index contributed by atoms with van der Waals surface area (Å²) >= 11 is 8.70. The lowest BCUT2D eigenvalue weighted by atomic mass is 10.1. The van der Waals surface area contributed by atoms with Crippen LogP contribution in [-0.2, 0) is 6.54 Å². The van der Waals surface area contributed by atoms with Gasteiger partial charge in [0.15, 0.2) is 16.0 Å². The summed E-state index contributed by atoms with van der Waals surface area (Å²) in [5.41, 5.74) is 3.93. The minimum atomic E-state index is -0.337. The summed E-state index contributed by atoms with van der Waals surface area (Å²) in [4.78, 5) is 33.8. The van der Waals surface area contributed by atoms with Crippen LogP contribution in [-0.4, -0.2) is 21.8 Å². The third kappa shape index (κ3) is 5.95. The van der Waals surface area contributed by atoms with Gasteiger partial charge in [0.1, 0.15) is 0 Å². The number of benzene rings is 2. The Labute approximate surface area is 203 Å². The van der Waals surface area contributed by atoms with Gasteiger partial charge in [-0.15, -0.1) is 11.3 Å². The van der Waals surface area contributed by atoms with Crippen molar-refractivity contribution in [1.82, 2.24) is 15.3 Å². The predicted molar refractivity (Wildman–Crippen MR) is 135 cm³/mol. The third-order valence-electron chi connectivity index (χ3n) is 4.64. The molecule has 0 spiro atoms. The number of rotatable bonds is 7. The zero-order chi connectivity index (χ0) is 23.4. The standard InChI is InChI=1S/C23H20ClN5O2S2/c1-13-20(19-12-32-22(28-19)27-18-5-3-4-16(10-18)14(2)30)33-23(26-13)29-21(31)25-11-15-6-8-17(24)9-7-15/h3-10,12H,11H2,1-2H3,(H,27,28)(H2,25,26,29,31). The molecule has 0 aliphatic heterocycles. The van der Waals surface area contributed by atoms with Crippen LogP contribution >= 0.6 is 34.3 Å². The van der Waals surface area contributed by atoms with Crippen LogP contribution in [0.3, 0.4) is 0 Å². The molecule has 0 saturated heterocycles. The Morgan fingerprint density at radius 2 is 1.85 bits per heavy atom. The number of amides is 2. The Kier molecular flexibility index (Phi) is 7.02. The molecule has 0 fully saturated rings. The van der Waals surface area contributed by atoms with Crippen LogP contribution in [0.5, 0.6) is 0 Å². The zero-order valence-corrected chi connectivity index (χ0v) is 20.2. The SMILES string of the molecule is CC(=O)c1cccc(Nc2nc(-c3sc(NC(=O)NCc4ccc(Cl)cc4)nc3C)cs2)c1. The van der Waals surface area contributed by atoms with E-state index in [2.05, 4.69) is 25.9 Å². The van der Waals surface area contributed by atoms with Crippen molar-refractivity contribution in [2.45, 2.75) is 20.4 Å². The summed E-state index contributed by atoms with van der Waals surface area (Å²) in [7, 11) is 0. The summed E-state index contributed by atoms with van der Waals surface area (Å²) in [5, 5.41) is 12.6. The number of hydrogen-bond acceptors (Lipinski definition) is 7. The number of carbonyl (C=O) groups is 2. The molecule has 10 heteroatoms. The number of nitrogens with one attached hydrogen (secondary N) is 3. The van der Waals surface area contributed by atoms with Crippen LogP contribution in [0.4, 0.5) is 20.7 Å². The Balaban J connectivity index is 1.39. The maximum Gasteiger partial charge on any atom is 0.321 e. The van der Waals surface area contributed by atoms with Gasteiger partial charge in [-0.3, -0.25) is 10.1 Å². The van der Waals surface area contributed by atoms with E-state index in [0.717, 1.165) is 27.5 Å². The van der Waals surface area contributed by atoms with Crippen LogP contribution < -0.4 is 16.0 Å². The highest BCUT2D eigenvalue weighted by atomic mass is 35.5. The topological polar surface area (TPSA) is 96.0 Å². The summed E-state index contributed by atoms with van der Waals surface area (Å²) in [6.07, 6.45) is 0. The minimum absolute atomic E-state index is 0.0102. The molecule has 0 unspecified atom stereocenters. The molecule has 0 aliphatic carbocycles. The third-order valence-corrected chi connectivity index (χ3v) is 6.75. The highest BCUT2D eigenvalue weighted by molar-refractivity contribution is 7.20. The lowest BCUT2D eigenvalue weighted by Gasteiger charge is -2.05. The molecule has 0 atom stereocenters. The van der Waals surface area contributed by atoms with Crippen molar-refractivity contribution in [1.29, 1.82) is 0 Å². The highest BCUT2D eigenvalue weighted by Gasteiger charge is 2.15. The molecule has 168 valence electrons. The summed E-state index contributed by atoms with van der Waals surface area (Å²) in [5.74, 6) is 0.0102. The molecule has 3 N–H and O–H groups in total. The molecule has 0 radical (unpaired) electrons. The van der Waals surface area contributed by atoms with E-state index in [1.807, 2.05) is 36.6 Å². The number of aryl methyl sites for hydroxylation is 1. The first kappa shape index (κ1) is 22.9. The zero-order valence-electron chi connectivity index (χ0n) is 17.8. The first-order valence-electron chi connectivity index (χ1n) is 9.98. The van der Waals surface area contributed by atoms with Crippen molar-refractivity contribution in [3.8, 4) is 10.6 Å². The number of aromatic nitrogens is 2. The van der Waals surface area contributed by atoms with Gasteiger partial charge in [0, 0.05) is 28.2 Å². The van der Waals surface area contributed by atoms with Gasteiger partial charge in [0.25, 0.3) is 0 Å². The van der Waals surface area contributed by atoms with Gasteiger partial charge in [-0.25, -0.2) is 14.8 Å². The Morgan fingerprint density at radius 3 is 2.61 bits per heavy atom. The van der Waals surface area contributed by atoms with Gasteiger partial charge >= 0.3 is 6.03 Å². The van der Waals surface area contributed by atoms with Gasteiger partial charge in [0.2, 0.25) is 0 Å². The second kappa shape index (κ2) is 10.1. The van der Waals surface area contributed by atoms with Crippen molar-refractivity contribution in [3.05, 3.63) is 75.8 Å². The summed E-state index contributed by atoms with van der Waals surface area (Å²) in [6.45, 7) is 3.80. The lowest BCUT2D eigenvalue weighted by molar-refractivity contribution is 0.101. The Hall–Kier alpha value is -3.27. The van der Waals surface area contributed by atoms with E-state index < -0.39 is 0 Å². The number of hydrogen-bond donors (Lipinski definition) is 3. The van der Waals surface area contributed by atoms with Crippen LogP contribution in [0.15, 0.2) is 53.9 Å². The monoisotopic (exact) mass is 497 g/mol. The molecular formula is C23H20ClN5O2S2. The number of ketones is 1. The number of Topliss-reactive ketones (excluding diaryl/α,β-unsaturated/α-hetero) is 1. The molecule has 4 rings (SSSR count). The number of urea groups is 1. The first-order chi connectivity index (χ1) is 15.9. The van der Waals surface area contributed by atoms with E-state index >= 15 is 0 Å². The van der Waals surface area contributed by atoms with Crippen LogP contribution in [0, 0.1) is 6.92 Å². The molecule has 2 aromatic carbocycles. The first-order valence-corrected chi connectivity index (χ1v) is 12.1. The van der Waals surface area contributed by atoms with Crippen LogP contribution in [0.1, 0.15) is 28.5 Å². The van der Waals surface area contributed by atoms with Crippen LogP contribution in [0.25, 0.3) is 10.6 Å². The molecule has 33 heavy (non-hydrogen) atoms. The van der Waals surface area contributed by atoms with Gasteiger partial charge in [0.05, 0.1) is 16.3 Å². The number of halogens is 1. The number of nitrogens with zero attached hydrogens (tertiary/aromatic N) is 2. The maximum atomic E-state index is 12.3. The maximum absolute atomic E-state index is 12.3. The smallest absolute Gasteiger partial charge is 0.321 e. The molecule has 2 heterocycles. The van der Waals surface area contributed by atoms with E-state index in [9.17, 15) is 9.59 Å². The normalized spacial score (nSPS) is 10.6. The van der Waals surface area contributed by atoms with Gasteiger partial charge < -0.3 is 10.6 Å². The van der Waals surface area contributed by atoms with Gasteiger partial charge in [-0.1, -0.05) is 47.2 Å². The largest absolute Gasteiger partial charge is 0.334 e. The number of carbonyl (C=O) groups excluding carboxylic acids is 2. The van der Waals surface area contributed by atoms with Crippen molar-refractivity contribution < 1.29 is 9.59 Å². The second-order valence-electron chi connectivity index (χ2n) is 7.17. The van der Waals surface area contributed by atoms with E-state index in [-0.39, 0.29) is 11.8 Å². The fraction of sp³-hybridized carbons (Fsp3) is 0.130. The molecule has 2 aromatic heterocycles. The fourth-order valence-electron chi connectivity index (χ4n) is 2.99. The lowest BCUT2D eigenvalue weighted by Crippen LogP contribution is -2.28. The van der Waals surface area contributed by atoms with Gasteiger partial charge in [-0.05, 0) is 43.7 Å². The van der Waals surface area contributed by atoms with E-state index in [1.54, 1.807) is 24.3 Å².